The van der Waals surface area contributed by atoms with E-state index in [1.165, 1.54) is 0 Å². The van der Waals surface area contributed by atoms with Crippen LogP contribution in [0.5, 0.6) is 5.75 Å². The Morgan fingerprint density at radius 2 is 1.84 bits per heavy atom. The lowest BCUT2D eigenvalue weighted by atomic mass is 10.1. The molecule has 2 N–H and O–H groups in total. The van der Waals surface area contributed by atoms with Gasteiger partial charge in [0.15, 0.2) is 0 Å². The van der Waals surface area contributed by atoms with Crippen LogP contribution in [0.3, 0.4) is 0 Å². The molecule has 0 aliphatic rings. The zero-order valence-corrected chi connectivity index (χ0v) is 11.2. The van der Waals surface area contributed by atoms with Crippen molar-refractivity contribution in [1.82, 2.24) is 5.32 Å². The van der Waals surface area contributed by atoms with Gasteiger partial charge in [-0.25, -0.2) is 4.79 Å². The predicted molar refractivity (Wildman–Crippen MR) is 71.1 cm³/mol. The van der Waals surface area contributed by atoms with E-state index in [9.17, 15) is 9.59 Å². The Labute approximate surface area is 111 Å². The van der Waals surface area contributed by atoms with Gasteiger partial charge < -0.3 is 15.2 Å². The molecule has 0 fully saturated rings. The van der Waals surface area contributed by atoms with E-state index >= 15 is 0 Å². The normalized spacial score (nSPS) is 10.5. The molecule has 0 aromatic heterocycles. The quantitative estimate of drug-likeness (QED) is 0.791. The Bertz CT molecular complexity index is 497. The average Bonchev–Trinajstić information content (AvgIpc) is 2.33. The molecule has 102 valence electrons. The highest BCUT2D eigenvalue weighted by atomic mass is 16.5. The molecule has 0 aliphatic heterocycles. The zero-order valence-electron chi connectivity index (χ0n) is 11.2. The molecule has 0 atom stereocenters. The number of carbonyl (C=O) groups is 2. The van der Waals surface area contributed by atoms with Crippen molar-refractivity contribution in [3.05, 3.63) is 41.0 Å². The lowest BCUT2D eigenvalue weighted by Crippen LogP contribution is -2.20. The van der Waals surface area contributed by atoms with Gasteiger partial charge in [0, 0.05) is 18.7 Å². The minimum absolute atomic E-state index is 0.342. The first-order valence-electron chi connectivity index (χ1n) is 5.77. The first kappa shape index (κ1) is 14.8. The number of aryl methyl sites for hydroxylation is 2. The Morgan fingerprint density at radius 1 is 1.26 bits per heavy atom. The Hall–Kier alpha value is -2.30. The van der Waals surface area contributed by atoms with Gasteiger partial charge in [-0.1, -0.05) is 12.1 Å². The summed E-state index contributed by atoms with van der Waals surface area (Å²) in [4.78, 5) is 21.6. The number of nitrogens with one attached hydrogen (secondary N) is 1. The first-order chi connectivity index (χ1) is 8.93. The van der Waals surface area contributed by atoms with Crippen molar-refractivity contribution in [2.45, 2.75) is 20.4 Å². The molecule has 19 heavy (non-hydrogen) atoms. The fraction of sp³-hybridized carbons (Fsp3) is 0.286. The molecular formula is C14H17NO4. The van der Waals surface area contributed by atoms with Gasteiger partial charge in [0.05, 0.1) is 7.11 Å². The second-order valence-corrected chi connectivity index (χ2v) is 4.15. The van der Waals surface area contributed by atoms with E-state index in [-0.39, 0.29) is 0 Å². The molecular weight excluding hydrogens is 246 g/mol. The summed E-state index contributed by atoms with van der Waals surface area (Å²) in [7, 11) is 1.62. The lowest BCUT2D eigenvalue weighted by molar-refractivity contribution is -0.131. The Morgan fingerprint density at radius 3 is 2.32 bits per heavy atom. The number of carboxylic acids is 1. The second-order valence-electron chi connectivity index (χ2n) is 4.15. The third-order valence-corrected chi connectivity index (χ3v) is 2.57. The van der Waals surface area contributed by atoms with Crippen LogP contribution in [0, 0.1) is 13.8 Å². The van der Waals surface area contributed by atoms with Gasteiger partial charge in [-0.2, -0.15) is 0 Å². The van der Waals surface area contributed by atoms with E-state index in [1.54, 1.807) is 7.11 Å². The summed E-state index contributed by atoms with van der Waals surface area (Å²) in [6.45, 7) is 4.21. The number of rotatable bonds is 5. The summed E-state index contributed by atoms with van der Waals surface area (Å²) in [5.74, 6) is -0.749. The molecule has 0 unspecified atom stereocenters. The zero-order chi connectivity index (χ0) is 14.4. The molecule has 1 amide bonds. The van der Waals surface area contributed by atoms with Gasteiger partial charge in [0.2, 0.25) is 5.91 Å². The van der Waals surface area contributed by atoms with Crippen LogP contribution in [-0.2, 0) is 16.1 Å². The standard InChI is InChI=1S/C14H17NO4/c1-9-6-11(7-10(2)14(9)19-3)8-15-12(16)4-5-13(17)18/h4-7H,8H2,1-3H3,(H,15,16)(H,17,18)/b5-4+. The van der Waals surface area contributed by atoms with Crippen molar-refractivity contribution in [3.63, 3.8) is 0 Å². The minimum atomic E-state index is -1.15. The number of benzene rings is 1. The molecule has 1 aromatic rings. The maximum Gasteiger partial charge on any atom is 0.328 e. The first-order valence-corrected chi connectivity index (χ1v) is 5.77. The molecule has 0 saturated heterocycles. The van der Waals surface area contributed by atoms with Crippen molar-refractivity contribution < 1.29 is 19.4 Å². The van der Waals surface area contributed by atoms with Crippen molar-refractivity contribution >= 4 is 11.9 Å². The van der Waals surface area contributed by atoms with Crippen LogP contribution in [0.25, 0.3) is 0 Å². The van der Waals surface area contributed by atoms with Crippen LogP contribution in [0.2, 0.25) is 0 Å². The van der Waals surface area contributed by atoms with E-state index in [2.05, 4.69) is 5.32 Å². The van der Waals surface area contributed by atoms with Crippen LogP contribution in [0.4, 0.5) is 0 Å². The highest BCUT2D eigenvalue weighted by Gasteiger charge is 2.05. The number of carboxylic acid groups (broad SMARTS) is 1. The third kappa shape index (κ3) is 4.46. The van der Waals surface area contributed by atoms with E-state index in [0.717, 1.165) is 34.6 Å². The van der Waals surface area contributed by atoms with Crippen LogP contribution in [-0.4, -0.2) is 24.1 Å². The third-order valence-electron chi connectivity index (χ3n) is 2.57. The molecule has 0 radical (unpaired) electrons. The number of aliphatic carboxylic acids is 1. The van der Waals surface area contributed by atoms with Crippen LogP contribution >= 0.6 is 0 Å². The molecule has 0 heterocycles. The SMILES string of the molecule is COc1c(C)cc(CNC(=O)/C=C/C(=O)O)cc1C. The maximum atomic E-state index is 11.3. The van der Waals surface area contributed by atoms with Crippen LogP contribution in [0.15, 0.2) is 24.3 Å². The molecule has 0 spiro atoms. The Kier molecular flexibility index (Phi) is 5.11. The molecule has 5 nitrogen and oxygen atoms in total. The molecule has 1 aromatic carbocycles. The van der Waals surface area contributed by atoms with Gasteiger partial charge in [0.25, 0.3) is 0 Å². The smallest absolute Gasteiger partial charge is 0.328 e. The van der Waals surface area contributed by atoms with Crippen molar-refractivity contribution in [2.75, 3.05) is 7.11 Å². The lowest BCUT2D eigenvalue weighted by Gasteiger charge is -2.11. The number of amides is 1. The number of ether oxygens (including phenoxy) is 1. The van der Waals surface area contributed by atoms with Crippen LogP contribution in [0.1, 0.15) is 16.7 Å². The van der Waals surface area contributed by atoms with Crippen molar-refractivity contribution in [3.8, 4) is 5.75 Å². The number of hydrogen-bond donors (Lipinski definition) is 2. The van der Waals surface area contributed by atoms with Gasteiger partial charge >= 0.3 is 5.97 Å². The summed E-state index contributed by atoms with van der Waals surface area (Å²) >= 11 is 0. The van der Waals surface area contributed by atoms with Gasteiger partial charge in [-0.05, 0) is 30.5 Å². The van der Waals surface area contributed by atoms with Crippen molar-refractivity contribution in [2.24, 2.45) is 0 Å². The van der Waals surface area contributed by atoms with E-state index in [4.69, 9.17) is 9.84 Å². The number of carbonyl (C=O) groups excluding carboxylic acids is 1. The number of methoxy groups -OCH3 is 1. The largest absolute Gasteiger partial charge is 0.496 e. The summed E-state index contributed by atoms with van der Waals surface area (Å²) in [5, 5.41) is 11.0. The van der Waals surface area contributed by atoms with E-state index in [0.29, 0.717) is 6.54 Å². The monoisotopic (exact) mass is 263 g/mol. The van der Waals surface area contributed by atoms with Gasteiger partial charge in [0.1, 0.15) is 5.75 Å². The predicted octanol–water partition coefficient (Wildman–Crippen LogP) is 1.57. The molecule has 0 saturated carbocycles. The number of hydrogen-bond acceptors (Lipinski definition) is 3. The van der Waals surface area contributed by atoms with E-state index < -0.39 is 11.9 Å². The fourth-order valence-corrected chi connectivity index (χ4v) is 1.86. The molecule has 5 heteroatoms. The van der Waals surface area contributed by atoms with Gasteiger partial charge in [-0.3, -0.25) is 4.79 Å². The second kappa shape index (κ2) is 6.58. The molecule has 1 rings (SSSR count). The topological polar surface area (TPSA) is 75.6 Å². The average molecular weight is 263 g/mol. The minimum Gasteiger partial charge on any atom is -0.496 e. The van der Waals surface area contributed by atoms with E-state index in [1.807, 2.05) is 26.0 Å². The van der Waals surface area contributed by atoms with Gasteiger partial charge in [-0.15, -0.1) is 0 Å². The summed E-state index contributed by atoms with van der Waals surface area (Å²) < 4.78 is 5.26. The summed E-state index contributed by atoms with van der Waals surface area (Å²) in [6, 6.07) is 3.85. The summed E-state index contributed by atoms with van der Waals surface area (Å²) in [6.07, 6.45) is 1.80. The Balaban J connectivity index is 2.69. The highest BCUT2D eigenvalue weighted by Crippen LogP contribution is 2.24. The fourth-order valence-electron chi connectivity index (χ4n) is 1.86. The van der Waals surface area contributed by atoms with Crippen LogP contribution < -0.4 is 10.1 Å². The van der Waals surface area contributed by atoms with Crippen molar-refractivity contribution in [1.29, 1.82) is 0 Å². The summed E-state index contributed by atoms with van der Waals surface area (Å²) in [5.41, 5.74) is 2.92. The highest BCUT2D eigenvalue weighted by molar-refractivity contribution is 5.93. The molecule has 0 aliphatic carbocycles. The molecule has 0 bridgehead atoms. The maximum absolute atomic E-state index is 11.3.